The summed E-state index contributed by atoms with van der Waals surface area (Å²) in [6, 6.07) is 25.3. The van der Waals surface area contributed by atoms with Crippen LogP contribution in [0.5, 0.6) is 0 Å². The molecular formula is C26H17N3O2S. The molecule has 3 aromatic carbocycles. The minimum atomic E-state index is -0.383. The molecular weight excluding hydrogens is 418 g/mol. The van der Waals surface area contributed by atoms with E-state index in [0.717, 1.165) is 43.2 Å². The molecule has 0 aliphatic carbocycles. The number of benzene rings is 3. The van der Waals surface area contributed by atoms with Crippen molar-refractivity contribution in [3.63, 3.8) is 0 Å². The standard InChI is InChI=1S/C26H17N3O2S/c1-16-8-2-4-10-19(16)27-15-23-24(18-14-17-9-3-7-13-22(17)31-25(18)30)29-21-12-6-5-11-20(21)28-26(29)32-23/h2-15H,1H3. The Morgan fingerprint density at radius 1 is 1.00 bits per heavy atom. The van der Waals surface area contributed by atoms with Crippen LogP contribution in [0.2, 0.25) is 0 Å². The first-order valence-corrected chi connectivity index (χ1v) is 11.0. The molecule has 0 atom stereocenters. The Kier molecular flexibility index (Phi) is 4.26. The van der Waals surface area contributed by atoms with Gasteiger partial charge in [-0.15, -0.1) is 0 Å². The third-order valence-corrected chi connectivity index (χ3v) is 6.50. The summed E-state index contributed by atoms with van der Waals surface area (Å²) in [6.45, 7) is 2.03. The van der Waals surface area contributed by atoms with Crippen LogP contribution >= 0.6 is 11.3 Å². The van der Waals surface area contributed by atoms with Gasteiger partial charge in [0.2, 0.25) is 0 Å². The summed E-state index contributed by atoms with van der Waals surface area (Å²) in [5.74, 6) is 0. The first-order chi connectivity index (χ1) is 15.7. The Labute approximate surface area is 186 Å². The molecule has 3 heterocycles. The van der Waals surface area contributed by atoms with Gasteiger partial charge in [0.15, 0.2) is 4.96 Å². The molecule has 3 aromatic heterocycles. The molecule has 0 saturated heterocycles. The summed E-state index contributed by atoms with van der Waals surface area (Å²) < 4.78 is 7.69. The summed E-state index contributed by atoms with van der Waals surface area (Å²) in [7, 11) is 0. The van der Waals surface area contributed by atoms with Crippen molar-refractivity contribution in [1.82, 2.24) is 9.38 Å². The maximum absolute atomic E-state index is 13.1. The van der Waals surface area contributed by atoms with Gasteiger partial charge in [-0.25, -0.2) is 9.78 Å². The Morgan fingerprint density at radius 2 is 1.78 bits per heavy atom. The van der Waals surface area contributed by atoms with Crippen LogP contribution in [0.25, 0.3) is 38.2 Å². The smallest absolute Gasteiger partial charge is 0.345 e. The lowest BCUT2D eigenvalue weighted by Gasteiger charge is -2.05. The van der Waals surface area contributed by atoms with E-state index in [1.807, 2.05) is 90.3 Å². The molecule has 0 aliphatic rings. The molecule has 0 aliphatic heterocycles. The molecule has 0 saturated carbocycles. The molecule has 0 bridgehead atoms. The van der Waals surface area contributed by atoms with Crippen molar-refractivity contribution in [2.24, 2.45) is 4.99 Å². The maximum Gasteiger partial charge on any atom is 0.345 e. The van der Waals surface area contributed by atoms with Crippen molar-refractivity contribution in [1.29, 1.82) is 0 Å². The second kappa shape index (κ2) is 7.28. The zero-order chi connectivity index (χ0) is 21.7. The van der Waals surface area contributed by atoms with E-state index in [9.17, 15) is 4.79 Å². The summed E-state index contributed by atoms with van der Waals surface area (Å²) in [5, 5.41) is 0.868. The highest BCUT2D eigenvalue weighted by Crippen LogP contribution is 2.34. The van der Waals surface area contributed by atoms with E-state index in [2.05, 4.69) is 0 Å². The van der Waals surface area contributed by atoms with Gasteiger partial charge in [-0.3, -0.25) is 9.39 Å². The number of para-hydroxylation sites is 4. The molecule has 6 rings (SSSR count). The van der Waals surface area contributed by atoms with Gasteiger partial charge in [0.25, 0.3) is 0 Å². The van der Waals surface area contributed by atoms with Gasteiger partial charge in [0.1, 0.15) is 5.58 Å². The molecule has 6 aromatic rings. The second-order valence-electron chi connectivity index (χ2n) is 7.56. The van der Waals surface area contributed by atoms with Crippen LogP contribution in [-0.2, 0) is 0 Å². The van der Waals surface area contributed by atoms with Crippen molar-refractivity contribution < 1.29 is 4.42 Å². The van der Waals surface area contributed by atoms with Crippen LogP contribution in [0.4, 0.5) is 5.69 Å². The predicted molar refractivity (Wildman–Crippen MR) is 130 cm³/mol. The quantitative estimate of drug-likeness (QED) is 0.239. The van der Waals surface area contributed by atoms with Gasteiger partial charge in [-0.2, -0.15) is 0 Å². The molecule has 0 radical (unpaired) electrons. The lowest BCUT2D eigenvalue weighted by Crippen LogP contribution is -2.05. The highest BCUT2D eigenvalue weighted by atomic mass is 32.1. The first kappa shape index (κ1) is 18.7. The second-order valence-corrected chi connectivity index (χ2v) is 8.57. The number of aliphatic imine (C=N–C) groups is 1. The molecule has 0 fully saturated rings. The number of hydrogen-bond acceptors (Lipinski definition) is 5. The predicted octanol–water partition coefficient (Wildman–Crippen LogP) is 6.38. The van der Waals surface area contributed by atoms with Gasteiger partial charge >= 0.3 is 5.63 Å². The molecule has 0 spiro atoms. The number of hydrogen-bond donors (Lipinski definition) is 0. The van der Waals surface area contributed by atoms with Gasteiger partial charge in [-0.05, 0) is 42.8 Å². The van der Waals surface area contributed by atoms with E-state index in [-0.39, 0.29) is 5.63 Å². The molecule has 0 N–H and O–H groups in total. The molecule has 32 heavy (non-hydrogen) atoms. The maximum atomic E-state index is 13.1. The average molecular weight is 436 g/mol. The normalized spacial score (nSPS) is 11.9. The number of aromatic nitrogens is 2. The number of nitrogens with zero attached hydrogens (tertiary/aromatic N) is 3. The van der Waals surface area contributed by atoms with E-state index in [1.165, 1.54) is 11.3 Å². The van der Waals surface area contributed by atoms with Gasteiger partial charge < -0.3 is 4.42 Å². The van der Waals surface area contributed by atoms with Crippen molar-refractivity contribution in [2.45, 2.75) is 6.92 Å². The zero-order valence-corrected chi connectivity index (χ0v) is 18.0. The Balaban J connectivity index is 1.66. The van der Waals surface area contributed by atoms with Crippen LogP contribution in [0.3, 0.4) is 0 Å². The molecule has 154 valence electrons. The van der Waals surface area contributed by atoms with Gasteiger partial charge in [-0.1, -0.05) is 59.9 Å². The van der Waals surface area contributed by atoms with Crippen LogP contribution in [0.1, 0.15) is 10.4 Å². The fourth-order valence-corrected chi connectivity index (χ4v) is 4.97. The van der Waals surface area contributed by atoms with Crippen molar-refractivity contribution in [3.8, 4) is 11.3 Å². The highest BCUT2D eigenvalue weighted by Gasteiger charge is 2.21. The molecule has 5 nitrogen and oxygen atoms in total. The van der Waals surface area contributed by atoms with Crippen LogP contribution in [0, 0.1) is 6.92 Å². The number of rotatable bonds is 3. The van der Waals surface area contributed by atoms with Gasteiger partial charge in [0.05, 0.1) is 32.9 Å². The Morgan fingerprint density at radius 3 is 2.69 bits per heavy atom. The Hall–Kier alpha value is -4.03. The Bertz CT molecular complexity index is 1720. The van der Waals surface area contributed by atoms with E-state index >= 15 is 0 Å². The minimum absolute atomic E-state index is 0.383. The average Bonchev–Trinajstić information content (AvgIpc) is 3.34. The summed E-state index contributed by atoms with van der Waals surface area (Å²) in [6.07, 6.45) is 1.82. The topological polar surface area (TPSA) is 59.9 Å². The lowest BCUT2D eigenvalue weighted by atomic mass is 10.1. The SMILES string of the molecule is Cc1ccccc1N=Cc1sc2nc3ccccc3n2c1-c1cc2ccccc2oc1=O. The van der Waals surface area contributed by atoms with Crippen LogP contribution < -0.4 is 5.63 Å². The van der Waals surface area contributed by atoms with E-state index in [4.69, 9.17) is 14.4 Å². The van der Waals surface area contributed by atoms with E-state index in [0.29, 0.717) is 11.1 Å². The molecule has 6 heteroatoms. The van der Waals surface area contributed by atoms with Crippen molar-refractivity contribution in [3.05, 3.63) is 99.7 Å². The zero-order valence-electron chi connectivity index (χ0n) is 17.1. The van der Waals surface area contributed by atoms with Gasteiger partial charge in [0, 0.05) is 11.6 Å². The fourth-order valence-electron chi connectivity index (χ4n) is 3.95. The number of fused-ring (bicyclic) bond motifs is 4. The number of thiazole rings is 1. The number of imidazole rings is 1. The van der Waals surface area contributed by atoms with Crippen molar-refractivity contribution in [2.75, 3.05) is 0 Å². The van der Waals surface area contributed by atoms with Crippen LogP contribution in [-0.4, -0.2) is 15.6 Å². The monoisotopic (exact) mass is 435 g/mol. The first-order valence-electron chi connectivity index (χ1n) is 10.2. The fraction of sp³-hybridized carbons (Fsp3) is 0.0385. The molecule has 0 unspecified atom stereocenters. The minimum Gasteiger partial charge on any atom is -0.422 e. The summed E-state index contributed by atoms with van der Waals surface area (Å²) in [4.78, 5) is 24.2. The highest BCUT2D eigenvalue weighted by molar-refractivity contribution is 7.19. The van der Waals surface area contributed by atoms with E-state index in [1.54, 1.807) is 6.07 Å². The lowest BCUT2D eigenvalue weighted by molar-refractivity contribution is 0.563. The largest absolute Gasteiger partial charge is 0.422 e. The third-order valence-electron chi connectivity index (χ3n) is 5.52. The number of aryl methyl sites for hydroxylation is 1. The molecule has 0 amide bonds. The summed E-state index contributed by atoms with van der Waals surface area (Å²) >= 11 is 1.51. The van der Waals surface area contributed by atoms with E-state index < -0.39 is 0 Å². The third kappa shape index (κ3) is 2.96. The van der Waals surface area contributed by atoms with Crippen molar-refractivity contribution >= 4 is 50.2 Å². The summed E-state index contributed by atoms with van der Waals surface area (Å²) in [5.41, 5.74) is 5.22. The van der Waals surface area contributed by atoms with Crippen LogP contribution in [0.15, 0.2) is 93.1 Å².